The summed E-state index contributed by atoms with van der Waals surface area (Å²) >= 11 is 3.62. The number of nitrogens with zero attached hydrogens (tertiary/aromatic N) is 1. The molecule has 1 fully saturated rings. The van der Waals surface area contributed by atoms with E-state index in [0.717, 1.165) is 17.3 Å². The first-order valence-corrected chi connectivity index (χ1v) is 7.47. The summed E-state index contributed by atoms with van der Waals surface area (Å²) in [6, 6.07) is 8.52. The van der Waals surface area contributed by atoms with Crippen molar-refractivity contribution in [1.29, 1.82) is 0 Å². The third kappa shape index (κ3) is 3.37. The Hall–Kier alpha value is -0.870. The predicted molar refractivity (Wildman–Crippen MR) is 81.0 cm³/mol. The van der Waals surface area contributed by atoms with Crippen LogP contribution in [0.25, 0.3) is 0 Å². The maximum atomic E-state index is 11.7. The predicted octanol–water partition coefficient (Wildman–Crippen LogP) is 2.89. The zero-order chi connectivity index (χ0) is 14.0. The minimum Gasteiger partial charge on any atom is -0.349 e. The summed E-state index contributed by atoms with van der Waals surface area (Å²) in [5.74, 6) is 0.169. The van der Waals surface area contributed by atoms with Gasteiger partial charge in [0.05, 0.1) is 0 Å². The third-order valence-corrected chi connectivity index (χ3v) is 4.33. The van der Waals surface area contributed by atoms with Gasteiger partial charge >= 0.3 is 0 Å². The lowest BCUT2D eigenvalue weighted by Crippen LogP contribution is -2.40. The molecule has 1 aromatic rings. The van der Waals surface area contributed by atoms with Crippen molar-refractivity contribution in [2.75, 3.05) is 14.1 Å². The highest BCUT2D eigenvalue weighted by Gasteiger charge is 2.46. The zero-order valence-electron chi connectivity index (χ0n) is 11.7. The average Bonchev–Trinajstić information content (AvgIpc) is 3.09. The molecule has 0 bridgehead atoms. The smallest absolute Gasteiger partial charge is 0.223 e. The van der Waals surface area contributed by atoms with Crippen LogP contribution < -0.4 is 5.32 Å². The van der Waals surface area contributed by atoms with Crippen molar-refractivity contribution in [3.8, 4) is 0 Å². The van der Waals surface area contributed by atoms with Crippen molar-refractivity contribution in [1.82, 2.24) is 10.2 Å². The zero-order valence-corrected chi connectivity index (χ0v) is 13.3. The minimum atomic E-state index is 0.0616. The quantitative estimate of drug-likeness (QED) is 0.903. The van der Waals surface area contributed by atoms with Crippen LogP contribution in [0.15, 0.2) is 28.7 Å². The molecule has 19 heavy (non-hydrogen) atoms. The Balaban J connectivity index is 2.03. The molecule has 0 aliphatic heterocycles. The molecular formula is C15H21BrN2O. The van der Waals surface area contributed by atoms with Gasteiger partial charge in [-0.05, 0) is 31.4 Å². The van der Waals surface area contributed by atoms with Gasteiger partial charge in [-0.25, -0.2) is 0 Å². The molecule has 1 saturated carbocycles. The van der Waals surface area contributed by atoms with Gasteiger partial charge in [-0.1, -0.05) is 34.1 Å². The summed E-state index contributed by atoms with van der Waals surface area (Å²) in [4.78, 5) is 13.4. The molecule has 1 atom stereocenters. The van der Waals surface area contributed by atoms with Gasteiger partial charge in [-0.2, -0.15) is 0 Å². The van der Waals surface area contributed by atoms with E-state index in [1.165, 1.54) is 5.56 Å². The van der Waals surface area contributed by atoms with Crippen LogP contribution in [0.3, 0.4) is 0 Å². The van der Waals surface area contributed by atoms with Gasteiger partial charge in [0.15, 0.2) is 0 Å². The fourth-order valence-electron chi connectivity index (χ4n) is 2.43. The second kappa shape index (κ2) is 5.63. The van der Waals surface area contributed by atoms with Crippen LogP contribution in [0.1, 0.15) is 31.7 Å². The molecule has 0 unspecified atom stereocenters. The summed E-state index contributed by atoms with van der Waals surface area (Å²) < 4.78 is 1.14. The summed E-state index contributed by atoms with van der Waals surface area (Å²) in [6.45, 7) is 2.08. The number of rotatable bonds is 5. The average molecular weight is 325 g/mol. The molecule has 1 aromatic carbocycles. The molecule has 2 rings (SSSR count). The van der Waals surface area contributed by atoms with E-state index >= 15 is 0 Å². The molecule has 1 aliphatic carbocycles. The van der Waals surface area contributed by atoms with Gasteiger partial charge in [0.25, 0.3) is 0 Å². The van der Waals surface area contributed by atoms with Gasteiger partial charge in [0.2, 0.25) is 5.91 Å². The van der Waals surface area contributed by atoms with Gasteiger partial charge < -0.3 is 10.2 Å². The lowest BCUT2D eigenvalue weighted by Gasteiger charge is -2.25. The van der Waals surface area contributed by atoms with Crippen LogP contribution in [0, 0.1) is 0 Å². The van der Waals surface area contributed by atoms with E-state index in [1.54, 1.807) is 19.0 Å². The van der Waals surface area contributed by atoms with Crippen molar-refractivity contribution in [3.63, 3.8) is 0 Å². The largest absolute Gasteiger partial charge is 0.349 e. The van der Waals surface area contributed by atoms with Crippen molar-refractivity contribution < 1.29 is 4.79 Å². The Morgan fingerprint density at radius 3 is 2.58 bits per heavy atom. The fraction of sp³-hybridized carbons (Fsp3) is 0.533. The molecular weight excluding hydrogens is 304 g/mol. The molecule has 0 saturated heterocycles. The molecule has 0 radical (unpaired) electrons. The summed E-state index contributed by atoms with van der Waals surface area (Å²) in [5.41, 5.74) is 1.37. The highest BCUT2D eigenvalue weighted by atomic mass is 79.9. The number of hydrogen-bond donors (Lipinski definition) is 1. The van der Waals surface area contributed by atoms with E-state index < -0.39 is 0 Å². The Kier molecular flexibility index (Phi) is 4.31. The lowest BCUT2D eigenvalue weighted by molar-refractivity contribution is -0.129. The highest BCUT2D eigenvalue weighted by Crippen LogP contribution is 2.48. The molecule has 3 nitrogen and oxygen atoms in total. The Morgan fingerprint density at radius 2 is 2.05 bits per heavy atom. The fourth-order valence-corrected chi connectivity index (χ4v) is 3.10. The van der Waals surface area contributed by atoms with Crippen LogP contribution >= 0.6 is 15.9 Å². The van der Waals surface area contributed by atoms with Crippen LogP contribution in [-0.2, 0) is 10.3 Å². The van der Waals surface area contributed by atoms with E-state index in [4.69, 9.17) is 0 Å². The van der Waals surface area contributed by atoms with Crippen LogP contribution in [0.5, 0.6) is 0 Å². The normalized spacial score (nSPS) is 17.9. The molecule has 0 heterocycles. The van der Waals surface area contributed by atoms with Crippen molar-refractivity contribution in [2.24, 2.45) is 0 Å². The molecule has 1 N–H and O–H groups in total. The molecule has 1 amide bonds. The van der Waals surface area contributed by atoms with Gasteiger partial charge in [-0.3, -0.25) is 4.79 Å². The van der Waals surface area contributed by atoms with Crippen LogP contribution in [0.4, 0.5) is 0 Å². The molecule has 0 spiro atoms. The van der Waals surface area contributed by atoms with Crippen molar-refractivity contribution in [3.05, 3.63) is 34.3 Å². The van der Waals surface area contributed by atoms with E-state index in [0.29, 0.717) is 6.42 Å². The number of benzene rings is 1. The SMILES string of the molecule is C[C@H](CC(=O)N(C)C)NC1(c2ccccc2Br)CC1. The summed E-state index contributed by atoms with van der Waals surface area (Å²) in [7, 11) is 3.60. The Bertz CT molecular complexity index is 469. The molecule has 1 aliphatic rings. The topological polar surface area (TPSA) is 32.3 Å². The minimum absolute atomic E-state index is 0.0616. The van der Waals surface area contributed by atoms with Crippen LogP contribution in [0.2, 0.25) is 0 Å². The Labute approximate surface area is 123 Å². The van der Waals surface area contributed by atoms with E-state index in [2.05, 4.69) is 46.4 Å². The van der Waals surface area contributed by atoms with Crippen molar-refractivity contribution >= 4 is 21.8 Å². The standard InChI is InChI=1S/C15H21BrN2O/c1-11(10-14(19)18(2)3)17-15(8-9-15)12-6-4-5-7-13(12)16/h4-7,11,17H,8-10H2,1-3H3/t11-/m1/s1. The number of amides is 1. The first kappa shape index (κ1) is 14.5. The Morgan fingerprint density at radius 1 is 1.42 bits per heavy atom. The first-order valence-electron chi connectivity index (χ1n) is 6.67. The second-order valence-corrected chi connectivity index (χ2v) is 6.45. The number of hydrogen-bond acceptors (Lipinski definition) is 2. The second-order valence-electron chi connectivity index (χ2n) is 5.60. The number of nitrogens with one attached hydrogen (secondary N) is 1. The molecule has 0 aromatic heterocycles. The van der Waals surface area contributed by atoms with E-state index in [9.17, 15) is 4.79 Å². The first-order chi connectivity index (χ1) is 8.94. The van der Waals surface area contributed by atoms with E-state index in [-0.39, 0.29) is 17.5 Å². The van der Waals surface area contributed by atoms with Crippen molar-refractivity contribution in [2.45, 2.75) is 37.8 Å². The van der Waals surface area contributed by atoms with E-state index in [1.807, 2.05) is 6.07 Å². The summed E-state index contributed by atoms with van der Waals surface area (Å²) in [5, 5.41) is 3.63. The lowest BCUT2D eigenvalue weighted by atomic mass is 10.0. The van der Waals surface area contributed by atoms with Gasteiger partial charge in [0, 0.05) is 36.6 Å². The maximum Gasteiger partial charge on any atom is 0.223 e. The monoisotopic (exact) mass is 324 g/mol. The third-order valence-electron chi connectivity index (χ3n) is 3.64. The molecule has 4 heteroatoms. The number of carbonyl (C=O) groups is 1. The maximum absolute atomic E-state index is 11.7. The van der Waals surface area contributed by atoms with Crippen LogP contribution in [-0.4, -0.2) is 30.9 Å². The number of halogens is 1. The van der Waals surface area contributed by atoms with Gasteiger partial charge in [0.1, 0.15) is 0 Å². The van der Waals surface area contributed by atoms with Gasteiger partial charge in [-0.15, -0.1) is 0 Å². The number of carbonyl (C=O) groups excluding carboxylic acids is 1. The molecule has 104 valence electrons. The summed E-state index contributed by atoms with van der Waals surface area (Å²) in [6.07, 6.45) is 2.81. The highest BCUT2D eigenvalue weighted by molar-refractivity contribution is 9.10.